The van der Waals surface area contributed by atoms with Gasteiger partial charge in [0.1, 0.15) is 16.9 Å². The summed E-state index contributed by atoms with van der Waals surface area (Å²) in [6.45, 7) is 1.80. The van der Waals surface area contributed by atoms with Crippen LogP contribution < -0.4 is 10.2 Å². The van der Waals surface area contributed by atoms with Crippen molar-refractivity contribution < 1.29 is 9.59 Å². The maximum absolute atomic E-state index is 13.0. The van der Waals surface area contributed by atoms with E-state index in [2.05, 4.69) is 21.5 Å². The number of amides is 2. The Morgan fingerprint density at radius 1 is 1.21 bits per heavy atom. The number of hydrogen-bond acceptors (Lipinski definition) is 6. The van der Waals surface area contributed by atoms with Crippen LogP contribution in [0.15, 0.2) is 24.4 Å². The monoisotopic (exact) mass is 391 g/mol. The van der Waals surface area contributed by atoms with Gasteiger partial charge in [-0.25, -0.2) is 4.98 Å². The van der Waals surface area contributed by atoms with E-state index in [9.17, 15) is 14.9 Å². The van der Waals surface area contributed by atoms with Gasteiger partial charge in [-0.05, 0) is 31.2 Å². The molecule has 9 heteroatoms. The third-order valence-electron chi connectivity index (χ3n) is 6.13. The molecule has 148 valence electrons. The fourth-order valence-electron chi connectivity index (χ4n) is 4.28. The third-order valence-corrected chi connectivity index (χ3v) is 6.13. The molecule has 5 rings (SSSR count). The number of anilines is 3. The summed E-state index contributed by atoms with van der Waals surface area (Å²) in [5, 5.41) is 17.2. The molecule has 2 amide bonds. The highest BCUT2D eigenvalue weighted by atomic mass is 16.2. The van der Waals surface area contributed by atoms with Gasteiger partial charge in [0.15, 0.2) is 5.82 Å². The topological polar surface area (TPSA) is 107 Å². The van der Waals surface area contributed by atoms with E-state index in [4.69, 9.17) is 0 Å². The van der Waals surface area contributed by atoms with E-state index in [0.29, 0.717) is 49.1 Å². The number of carbonyl (C=O) groups excluding carboxylic acids is 2. The minimum Gasteiger partial charge on any atom is -0.339 e. The van der Waals surface area contributed by atoms with Gasteiger partial charge >= 0.3 is 0 Å². The molecule has 2 aromatic heterocycles. The highest BCUT2D eigenvalue weighted by Crippen LogP contribution is 2.51. The molecule has 0 spiro atoms. The molecule has 0 aromatic carbocycles. The van der Waals surface area contributed by atoms with E-state index in [0.717, 1.165) is 12.8 Å². The van der Waals surface area contributed by atoms with Crippen LogP contribution in [-0.2, 0) is 11.3 Å². The molecule has 4 heterocycles. The van der Waals surface area contributed by atoms with Gasteiger partial charge in [-0.3, -0.25) is 14.3 Å². The number of rotatable bonds is 4. The maximum atomic E-state index is 13.0. The number of hydrogen-bond donors (Lipinski definition) is 1. The van der Waals surface area contributed by atoms with E-state index in [1.807, 2.05) is 0 Å². The molecule has 1 atom stereocenters. The van der Waals surface area contributed by atoms with Crippen LogP contribution in [0, 0.1) is 22.7 Å². The van der Waals surface area contributed by atoms with Crippen molar-refractivity contribution in [2.45, 2.75) is 25.8 Å². The van der Waals surface area contributed by atoms with Crippen molar-refractivity contribution in [3.8, 4) is 6.07 Å². The van der Waals surface area contributed by atoms with E-state index >= 15 is 0 Å². The Hall–Kier alpha value is -3.41. The van der Waals surface area contributed by atoms with Crippen molar-refractivity contribution in [1.29, 1.82) is 5.26 Å². The van der Waals surface area contributed by atoms with Crippen LogP contribution in [0.5, 0.6) is 0 Å². The van der Waals surface area contributed by atoms with Crippen molar-refractivity contribution in [3.63, 3.8) is 0 Å². The van der Waals surface area contributed by atoms with Crippen LogP contribution in [0.25, 0.3) is 0 Å². The summed E-state index contributed by atoms with van der Waals surface area (Å²) in [6.07, 6.45) is 4.11. The lowest BCUT2D eigenvalue weighted by Gasteiger charge is -2.22. The quantitative estimate of drug-likeness (QED) is 0.851. The first-order valence-electron chi connectivity index (χ1n) is 9.81. The van der Waals surface area contributed by atoms with Gasteiger partial charge in [0.2, 0.25) is 5.91 Å². The molecule has 2 fully saturated rings. The Kier molecular flexibility index (Phi) is 3.84. The standard InChI is InChI=1S/C20H21N7O2/c1-25-8-9-27-15(18(25)28)11-17(24-27)23-16-10-14(4-6-22-16)26-7-5-20(12-21,19(26)29)13-2-3-13/h4,6,10-11,13H,2-3,5,7-9H2,1H3,(H,22,23,24)/t20-/m1/s1. The molecule has 3 aliphatic rings. The van der Waals surface area contributed by atoms with Gasteiger partial charge in [0, 0.05) is 44.2 Å². The Labute approximate surface area is 167 Å². The number of likely N-dealkylation sites (N-methyl/N-ethyl adjacent to an activating group) is 1. The number of nitriles is 1. The van der Waals surface area contributed by atoms with Crippen molar-refractivity contribution in [2.24, 2.45) is 11.3 Å². The summed E-state index contributed by atoms with van der Waals surface area (Å²) in [5.74, 6) is 1.09. The summed E-state index contributed by atoms with van der Waals surface area (Å²) in [5.41, 5.74) is 0.382. The normalized spacial score (nSPS) is 23.9. The van der Waals surface area contributed by atoms with Crippen molar-refractivity contribution in [3.05, 3.63) is 30.1 Å². The zero-order valence-corrected chi connectivity index (χ0v) is 16.1. The predicted octanol–water partition coefficient (Wildman–Crippen LogP) is 1.76. The zero-order valence-electron chi connectivity index (χ0n) is 16.1. The molecule has 1 N–H and O–H groups in total. The zero-order chi connectivity index (χ0) is 20.2. The Bertz CT molecular complexity index is 1050. The van der Waals surface area contributed by atoms with Crippen LogP contribution in [0.4, 0.5) is 17.3 Å². The number of aromatic nitrogens is 3. The lowest BCUT2D eigenvalue weighted by molar-refractivity contribution is -0.123. The van der Waals surface area contributed by atoms with Crippen LogP contribution in [0.3, 0.4) is 0 Å². The number of pyridine rings is 1. The first kappa shape index (κ1) is 17.7. The van der Waals surface area contributed by atoms with E-state index in [1.54, 1.807) is 45.9 Å². The Balaban J connectivity index is 1.38. The molecule has 2 aromatic rings. The summed E-state index contributed by atoms with van der Waals surface area (Å²) < 4.78 is 1.69. The van der Waals surface area contributed by atoms with Gasteiger partial charge in [-0.15, -0.1) is 0 Å². The molecular weight excluding hydrogens is 370 g/mol. The third kappa shape index (κ3) is 2.75. The average molecular weight is 391 g/mol. The number of nitrogens with one attached hydrogen (secondary N) is 1. The van der Waals surface area contributed by atoms with E-state index in [-0.39, 0.29) is 17.7 Å². The SMILES string of the molecule is CN1CCn2nc(Nc3cc(N4CC[C@@](C#N)(C5CC5)C4=O)ccn3)cc2C1=O. The highest BCUT2D eigenvalue weighted by molar-refractivity contribution is 6.02. The van der Waals surface area contributed by atoms with Gasteiger partial charge in [-0.1, -0.05) is 0 Å². The molecular formula is C20H21N7O2. The Morgan fingerprint density at radius 2 is 2.03 bits per heavy atom. The molecule has 0 unspecified atom stereocenters. The fourth-order valence-corrected chi connectivity index (χ4v) is 4.28. The fraction of sp³-hybridized carbons (Fsp3) is 0.450. The van der Waals surface area contributed by atoms with Crippen LogP contribution in [0.1, 0.15) is 29.8 Å². The van der Waals surface area contributed by atoms with Gasteiger partial charge in [0.05, 0.1) is 12.6 Å². The molecule has 1 saturated carbocycles. The molecule has 9 nitrogen and oxygen atoms in total. The molecule has 0 radical (unpaired) electrons. The maximum Gasteiger partial charge on any atom is 0.272 e. The smallest absolute Gasteiger partial charge is 0.272 e. The van der Waals surface area contributed by atoms with E-state index in [1.165, 1.54) is 0 Å². The number of fused-ring (bicyclic) bond motifs is 1. The summed E-state index contributed by atoms with van der Waals surface area (Å²) in [6, 6.07) is 7.58. The van der Waals surface area contributed by atoms with Crippen LogP contribution >= 0.6 is 0 Å². The molecule has 1 saturated heterocycles. The first-order chi connectivity index (χ1) is 14.0. The highest BCUT2D eigenvalue weighted by Gasteiger charge is 2.56. The van der Waals surface area contributed by atoms with Gasteiger partial charge in [0.25, 0.3) is 5.91 Å². The van der Waals surface area contributed by atoms with E-state index < -0.39 is 5.41 Å². The summed E-state index contributed by atoms with van der Waals surface area (Å²) in [7, 11) is 1.77. The molecule has 1 aliphatic carbocycles. The molecule has 0 bridgehead atoms. The second-order valence-electron chi connectivity index (χ2n) is 7.95. The second-order valence-corrected chi connectivity index (χ2v) is 7.95. The largest absolute Gasteiger partial charge is 0.339 e. The van der Waals surface area contributed by atoms with Crippen LogP contribution in [0.2, 0.25) is 0 Å². The lowest BCUT2D eigenvalue weighted by atomic mass is 9.83. The molecule has 29 heavy (non-hydrogen) atoms. The van der Waals surface area contributed by atoms with Crippen LogP contribution in [-0.4, -0.2) is 51.6 Å². The minimum atomic E-state index is -0.869. The van der Waals surface area contributed by atoms with Crippen molar-refractivity contribution in [2.75, 3.05) is 30.4 Å². The minimum absolute atomic E-state index is 0.0610. The van der Waals surface area contributed by atoms with Crippen molar-refractivity contribution >= 4 is 29.1 Å². The predicted molar refractivity (Wildman–Crippen MR) is 104 cm³/mol. The summed E-state index contributed by atoms with van der Waals surface area (Å²) in [4.78, 5) is 32.9. The summed E-state index contributed by atoms with van der Waals surface area (Å²) >= 11 is 0. The second kappa shape index (κ2) is 6.30. The number of carbonyl (C=O) groups is 2. The average Bonchev–Trinajstić information content (AvgIpc) is 3.41. The molecule has 2 aliphatic heterocycles. The number of nitrogens with zero attached hydrogens (tertiary/aromatic N) is 6. The van der Waals surface area contributed by atoms with Gasteiger partial charge < -0.3 is 15.1 Å². The lowest BCUT2D eigenvalue weighted by Crippen LogP contribution is -2.37. The first-order valence-corrected chi connectivity index (χ1v) is 9.81. The Morgan fingerprint density at radius 3 is 2.79 bits per heavy atom. The van der Waals surface area contributed by atoms with Crippen molar-refractivity contribution in [1.82, 2.24) is 19.7 Å². The van der Waals surface area contributed by atoms with Gasteiger partial charge in [-0.2, -0.15) is 10.4 Å².